The lowest BCUT2D eigenvalue weighted by Gasteiger charge is -2.23. The Hall–Kier alpha value is -2.80. The number of hydrogen-bond acceptors (Lipinski definition) is 5. The largest absolute Gasteiger partial charge is 0.333 e. The third-order valence-electron chi connectivity index (χ3n) is 6.58. The van der Waals surface area contributed by atoms with E-state index >= 15 is 0 Å². The van der Waals surface area contributed by atoms with Crippen molar-refractivity contribution in [3.8, 4) is 0 Å². The van der Waals surface area contributed by atoms with Gasteiger partial charge in [0.25, 0.3) is 0 Å². The molecule has 32 heavy (non-hydrogen) atoms. The summed E-state index contributed by atoms with van der Waals surface area (Å²) in [6.07, 6.45) is 5.13. The van der Waals surface area contributed by atoms with Crippen molar-refractivity contribution in [3.63, 3.8) is 0 Å². The van der Waals surface area contributed by atoms with Crippen molar-refractivity contribution in [1.82, 2.24) is 24.6 Å². The van der Waals surface area contributed by atoms with Crippen LogP contribution in [0.25, 0.3) is 21.3 Å². The second-order valence-electron chi connectivity index (χ2n) is 8.99. The molecule has 0 radical (unpaired) electrons. The van der Waals surface area contributed by atoms with Gasteiger partial charge >= 0.3 is 0 Å². The molecule has 3 aromatic heterocycles. The summed E-state index contributed by atoms with van der Waals surface area (Å²) in [5.74, 6) is 0.212. The molecule has 1 unspecified atom stereocenters. The Bertz CT molecular complexity index is 1270. The van der Waals surface area contributed by atoms with Crippen LogP contribution in [-0.2, 0) is 11.2 Å². The lowest BCUT2D eigenvalue weighted by atomic mass is 10.00. The lowest BCUT2D eigenvalue weighted by molar-refractivity contribution is -0.132. The van der Waals surface area contributed by atoms with E-state index in [-0.39, 0.29) is 18.0 Å². The van der Waals surface area contributed by atoms with Crippen LogP contribution in [0.2, 0.25) is 0 Å². The molecule has 0 N–H and O–H groups in total. The fraction of sp³-hybridized carbons (Fsp3) is 0.440. The van der Waals surface area contributed by atoms with Gasteiger partial charge in [0.2, 0.25) is 5.91 Å². The molecule has 5 rings (SSSR count). The molecule has 4 aromatic rings. The number of likely N-dealkylation sites (tertiary alicyclic amines) is 1. The van der Waals surface area contributed by atoms with Crippen LogP contribution in [0.4, 0.5) is 0 Å². The molecular weight excluding hydrogens is 418 g/mol. The number of pyridine rings is 1. The van der Waals surface area contributed by atoms with Crippen LogP contribution in [0.5, 0.6) is 0 Å². The van der Waals surface area contributed by atoms with Crippen LogP contribution in [-0.4, -0.2) is 37.1 Å². The van der Waals surface area contributed by atoms with E-state index in [1.807, 2.05) is 40.9 Å². The summed E-state index contributed by atoms with van der Waals surface area (Å²) in [5, 5.41) is 6.68. The summed E-state index contributed by atoms with van der Waals surface area (Å²) < 4.78 is 3.16. The van der Waals surface area contributed by atoms with Gasteiger partial charge in [-0.1, -0.05) is 12.1 Å². The molecule has 0 bridgehead atoms. The summed E-state index contributed by atoms with van der Waals surface area (Å²) in [4.78, 5) is 25.0. The number of nitrogens with zero attached hydrogens (tertiary/aromatic N) is 5. The van der Waals surface area contributed by atoms with Crippen molar-refractivity contribution in [2.24, 2.45) is 0 Å². The van der Waals surface area contributed by atoms with Crippen LogP contribution in [0.3, 0.4) is 0 Å². The molecule has 1 aliphatic rings. The molecule has 1 saturated heterocycles. The fourth-order valence-electron chi connectivity index (χ4n) is 4.87. The number of fused-ring (bicyclic) bond motifs is 2. The number of aryl methyl sites for hydroxylation is 2. The zero-order valence-corrected chi connectivity index (χ0v) is 19.9. The van der Waals surface area contributed by atoms with E-state index in [4.69, 9.17) is 9.97 Å². The smallest absolute Gasteiger partial charge is 0.223 e. The first-order valence-electron chi connectivity index (χ1n) is 11.4. The molecule has 4 heterocycles. The second-order valence-corrected chi connectivity index (χ2v) is 10.0. The summed E-state index contributed by atoms with van der Waals surface area (Å²) in [6, 6.07) is 8.58. The summed E-state index contributed by atoms with van der Waals surface area (Å²) >= 11 is 1.72. The van der Waals surface area contributed by atoms with Gasteiger partial charge < -0.3 is 4.90 Å². The molecule has 1 aliphatic heterocycles. The highest BCUT2D eigenvalue weighted by atomic mass is 32.1. The van der Waals surface area contributed by atoms with E-state index in [1.165, 1.54) is 15.8 Å². The van der Waals surface area contributed by atoms with Crippen molar-refractivity contribution in [2.75, 3.05) is 6.54 Å². The average Bonchev–Trinajstić information content (AvgIpc) is 3.50. The monoisotopic (exact) mass is 447 g/mol. The molecular formula is C25H29N5OS. The maximum absolute atomic E-state index is 13.3. The number of hydrogen-bond donors (Lipinski definition) is 0. The third kappa shape index (κ3) is 3.58. The highest BCUT2D eigenvalue weighted by Gasteiger charge is 2.32. The molecule has 1 atom stereocenters. The van der Waals surface area contributed by atoms with Gasteiger partial charge in [-0.2, -0.15) is 5.10 Å². The van der Waals surface area contributed by atoms with Crippen molar-refractivity contribution >= 4 is 38.5 Å². The fourth-order valence-corrected chi connectivity index (χ4v) is 5.98. The molecule has 166 valence electrons. The predicted molar refractivity (Wildman–Crippen MR) is 129 cm³/mol. The first-order valence-corrected chi connectivity index (χ1v) is 12.2. The van der Waals surface area contributed by atoms with Crippen LogP contribution < -0.4 is 0 Å². The van der Waals surface area contributed by atoms with Crippen molar-refractivity contribution < 1.29 is 4.79 Å². The van der Waals surface area contributed by atoms with Gasteiger partial charge in [-0.15, -0.1) is 11.3 Å². The molecule has 0 saturated carbocycles. The minimum atomic E-state index is 0.104. The number of thiazole rings is 1. The minimum Gasteiger partial charge on any atom is -0.333 e. The maximum atomic E-state index is 13.3. The molecule has 0 spiro atoms. The number of carbonyl (C=O) groups excluding carboxylic acids is 1. The second kappa shape index (κ2) is 8.28. The third-order valence-corrected chi connectivity index (χ3v) is 7.72. The number of rotatable bonds is 5. The Labute approximate surface area is 192 Å². The van der Waals surface area contributed by atoms with Gasteiger partial charge in [0, 0.05) is 30.1 Å². The molecule has 0 aliphatic carbocycles. The van der Waals surface area contributed by atoms with Crippen molar-refractivity contribution in [1.29, 1.82) is 0 Å². The Balaban J connectivity index is 1.35. The molecule has 6 nitrogen and oxygen atoms in total. The quantitative estimate of drug-likeness (QED) is 0.403. The Kier molecular flexibility index (Phi) is 5.45. The number of amides is 1. The molecule has 7 heteroatoms. The maximum Gasteiger partial charge on any atom is 0.223 e. The standard InChI is InChI=1S/C25H29N5OS/c1-15(2)30-24-19(14-26-30)16(3)18(17(4)27-24)11-12-23(31)29-13-7-9-21(29)25-28-20-8-5-6-10-22(20)32-25/h5-6,8,10,14-15,21H,7,9,11-13H2,1-4H3. The van der Waals surface area contributed by atoms with E-state index in [2.05, 4.69) is 31.9 Å². The lowest BCUT2D eigenvalue weighted by Crippen LogP contribution is -2.30. The summed E-state index contributed by atoms with van der Waals surface area (Å²) in [7, 11) is 0. The van der Waals surface area contributed by atoms with Crippen LogP contribution in [0.15, 0.2) is 30.5 Å². The van der Waals surface area contributed by atoms with Gasteiger partial charge in [0.1, 0.15) is 5.01 Å². The first kappa shape index (κ1) is 21.1. The van der Waals surface area contributed by atoms with Crippen LogP contribution in [0.1, 0.15) is 67.0 Å². The number of carbonyl (C=O) groups is 1. The minimum absolute atomic E-state index is 0.104. The van der Waals surface area contributed by atoms with E-state index in [0.717, 1.165) is 46.6 Å². The van der Waals surface area contributed by atoms with E-state index in [1.54, 1.807) is 11.3 Å². The predicted octanol–water partition coefficient (Wildman–Crippen LogP) is 5.54. The normalized spacial score (nSPS) is 16.7. The van der Waals surface area contributed by atoms with Crippen molar-refractivity contribution in [3.05, 3.63) is 52.3 Å². The highest BCUT2D eigenvalue weighted by molar-refractivity contribution is 7.18. The van der Waals surface area contributed by atoms with Gasteiger partial charge in [-0.05, 0) is 70.2 Å². The zero-order valence-electron chi connectivity index (χ0n) is 19.1. The topological polar surface area (TPSA) is 63.9 Å². The van der Waals surface area contributed by atoms with E-state index in [0.29, 0.717) is 12.8 Å². The SMILES string of the molecule is Cc1nc2c(cnn2C(C)C)c(C)c1CCC(=O)N1CCCC1c1nc2ccccc2s1. The highest BCUT2D eigenvalue weighted by Crippen LogP contribution is 2.37. The first-order chi connectivity index (χ1) is 15.4. The molecule has 1 amide bonds. The zero-order chi connectivity index (χ0) is 22.4. The van der Waals surface area contributed by atoms with Crippen LogP contribution in [0, 0.1) is 13.8 Å². The van der Waals surface area contributed by atoms with E-state index in [9.17, 15) is 4.79 Å². The van der Waals surface area contributed by atoms with Gasteiger partial charge in [-0.3, -0.25) is 4.79 Å². The number of aromatic nitrogens is 4. The van der Waals surface area contributed by atoms with Gasteiger partial charge in [0.15, 0.2) is 5.65 Å². The Morgan fingerprint density at radius 2 is 2.03 bits per heavy atom. The van der Waals surface area contributed by atoms with Gasteiger partial charge in [0.05, 0.1) is 22.5 Å². The average molecular weight is 448 g/mol. The number of benzene rings is 1. The Morgan fingerprint density at radius 1 is 1.22 bits per heavy atom. The van der Waals surface area contributed by atoms with Crippen molar-refractivity contribution in [2.45, 2.75) is 65.5 Å². The molecule has 1 aromatic carbocycles. The summed E-state index contributed by atoms with van der Waals surface area (Å²) in [5.41, 5.74) is 5.32. The van der Waals surface area contributed by atoms with Gasteiger partial charge in [-0.25, -0.2) is 14.6 Å². The Morgan fingerprint density at radius 3 is 2.81 bits per heavy atom. The molecule has 1 fully saturated rings. The van der Waals surface area contributed by atoms with E-state index < -0.39 is 0 Å². The number of para-hydroxylation sites is 1. The summed E-state index contributed by atoms with van der Waals surface area (Å²) in [6.45, 7) is 9.22. The van der Waals surface area contributed by atoms with Crippen LogP contribution >= 0.6 is 11.3 Å².